The van der Waals surface area contributed by atoms with Crippen molar-refractivity contribution in [3.63, 3.8) is 0 Å². The van der Waals surface area contributed by atoms with E-state index in [1.165, 1.54) is 0 Å². The van der Waals surface area contributed by atoms with E-state index in [1.54, 1.807) is 21.3 Å². The molecule has 0 spiro atoms. The van der Waals surface area contributed by atoms with E-state index in [-0.39, 0.29) is 0 Å². The van der Waals surface area contributed by atoms with Crippen LogP contribution in [0.5, 0.6) is 17.2 Å². The van der Waals surface area contributed by atoms with Crippen LogP contribution < -0.4 is 18.8 Å². The molecule has 0 atom stereocenters. The molecule has 0 radical (unpaired) electrons. The molecule has 0 unspecified atom stereocenters. The smallest absolute Gasteiger partial charge is 0.246 e. The number of aromatic amines is 2. The van der Waals surface area contributed by atoms with Gasteiger partial charge < -0.3 is 14.2 Å². The van der Waals surface area contributed by atoms with Crippen LogP contribution in [0.1, 0.15) is 16.7 Å². The fourth-order valence-corrected chi connectivity index (χ4v) is 7.22. The number of hydrogen-bond donors (Lipinski definition) is 2. The molecule has 52 heavy (non-hydrogen) atoms. The van der Waals surface area contributed by atoms with E-state index in [2.05, 4.69) is 124 Å². The van der Waals surface area contributed by atoms with Crippen LogP contribution in [-0.4, -0.2) is 42.8 Å². The van der Waals surface area contributed by atoms with Gasteiger partial charge in [0.15, 0.2) is 0 Å². The van der Waals surface area contributed by atoms with Crippen molar-refractivity contribution in [1.82, 2.24) is 14.5 Å². The number of fused-ring (bicyclic) bond motifs is 3. The Hall–Kier alpha value is -6.86. The minimum absolute atomic E-state index is 0.800. The Morgan fingerprint density at radius 2 is 0.808 bits per heavy atom. The Balaban J connectivity index is 1.37. The normalized spacial score (nSPS) is 12.2. The number of aliphatic imine (C=N–C) groups is 1. The highest BCUT2D eigenvalue weighted by Crippen LogP contribution is 2.42. The molecule has 7 nitrogen and oxygen atoms in total. The van der Waals surface area contributed by atoms with Gasteiger partial charge in [-0.25, -0.2) is 0 Å². The SMILES string of the molecule is COc1ccc(C2=NC(=[N+](c3[nH]c(-c4ccc(OC)cc4)c4ccccc34)c3[nH]c(-c4ccc(OC)cc4)c4ccccc34)c3ccccc32)cc1. The molecule has 0 saturated heterocycles. The molecule has 2 aromatic heterocycles. The summed E-state index contributed by atoms with van der Waals surface area (Å²) < 4.78 is 18.7. The average Bonchev–Trinajstić information content (AvgIpc) is 3.91. The number of nitrogens with one attached hydrogen (secondary N) is 2. The second kappa shape index (κ2) is 12.8. The van der Waals surface area contributed by atoms with Crippen molar-refractivity contribution in [2.45, 2.75) is 0 Å². The highest BCUT2D eigenvalue weighted by Gasteiger charge is 2.33. The standard InChI is InChI=1S/C45H35N4O3/c1-50-31-22-16-28(17-23-31)40-34-10-4-7-13-37(34)43(46-40)49(44-38-14-8-5-11-35(38)41(47-44)29-18-24-32(51-2)25-19-29)45-39-15-9-6-12-36(39)42(48-45)30-20-26-33(52-3)27-21-30/h4-27,46-47H,1-3H3/q+1. The van der Waals surface area contributed by atoms with Crippen LogP contribution in [0.2, 0.25) is 0 Å². The molecule has 3 heterocycles. The topological polar surface area (TPSA) is 74.6 Å². The molecule has 1 aliphatic heterocycles. The van der Waals surface area contributed by atoms with Gasteiger partial charge in [-0.1, -0.05) is 54.6 Å². The van der Waals surface area contributed by atoms with Crippen molar-refractivity contribution in [1.29, 1.82) is 0 Å². The molecule has 252 valence electrons. The first kappa shape index (κ1) is 31.1. The Kier molecular flexibility index (Phi) is 7.66. The highest BCUT2D eigenvalue weighted by atomic mass is 16.5. The Morgan fingerprint density at radius 1 is 0.423 bits per heavy atom. The van der Waals surface area contributed by atoms with E-state index >= 15 is 0 Å². The molecule has 0 bridgehead atoms. The predicted octanol–water partition coefficient (Wildman–Crippen LogP) is 10.1. The molecule has 9 rings (SSSR count). The summed E-state index contributed by atoms with van der Waals surface area (Å²) in [6, 6.07) is 49.9. The monoisotopic (exact) mass is 679 g/mol. The van der Waals surface area contributed by atoms with Gasteiger partial charge in [0.05, 0.1) is 49.1 Å². The number of rotatable bonds is 8. The van der Waals surface area contributed by atoms with Gasteiger partial charge in [0.1, 0.15) is 23.0 Å². The molecule has 0 amide bonds. The first-order chi connectivity index (χ1) is 25.6. The van der Waals surface area contributed by atoms with Crippen molar-refractivity contribution in [3.05, 3.63) is 162 Å². The zero-order valence-electron chi connectivity index (χ0n) is 29.0. The lowest BCUT2D eigenvalue weighted by Crippen LogP contribution is -2.16. The molecule has 2 N–H and O–H groups in total. The van der Waals surface area contributed by atoms with Gasteiger partial charge >= 0.3 is 0 Å². The van der Waals surface area contributed by atoms with Crippen LogP contribution in [0.25, 0.3) is 44.1 Å². The van der Waals surface area contributed by atoms with Gasteiger partial charge in [-0.3, -0.25) is 9.97 Å². The molecule has 1 aliphatic rings. The lowest BCUT2D eigenvalue weighted by molar-refractivity contribution is 0.414. The summed E-state index contributed by atoms with van der Waals surface area (Å²) in [6.45, 7) is 0. The maximum Gasteiger partial charge on any atom is 0.246 e. The highest BCUT2D eigenvalue weighted by molar-refractivity contribution is 6.30. The van der Waals surface area contributed by atoms with Crippen LogP contribution in [0.15, 0.2) is 151 Å². The summed E-state index contributed by atoms with van der Waals surface area (Å²) in [5, 5.41) is 4.34. The summed E-state index contributed by atoms with van der Waals surface area (Å²) in [5.41, 5.74) is 8.12. The molecule has 0 saturated carbocycles. The second-order valence-corrected chi connectivity index (χ2v) is 12.6. The van der Waals surface area contributed by atoms with E-state index in [0.29, 0.717) is 0 Å². The first-order valence-corrected chi connectivity index (χ1v) is 17.2. The van der Waals surface area contributed by atoms with Crippen LogP contribution in [0, 0.1) is 0 Å². The fraction of sp³-hybridized carbons (Fsp3) is 0.0667. The van der Waals surface area contributed by atoms with Crippen molar-refractivity contribution in [3.8, 4) is 39.8 Å². The molecular weight excluding hydrogens is 645 g/mol. The van der Waals surface area contributed by atoms with Gasteiger partial charge in [-0.2, -0.15) is 4.58 Å². The lowest BCUT2D eigenvalue weighted by Gasteiger charge is -2.09. The summed E-state index contributed by atoms with van der Waals surface area (Å²) in [6.07, 6.45) is 0. The number of ether oxygens (including phenoxy) is 3. The van der Waals surface area contributed by atoms with Gasteiger partial charge in [-0.05, 0) is 91.0 Å². The van der Waals surface area contributed by atoms with Gasteiger partial charge in [-0.15, -0.1) is 4.99 Å². The number of aromatic nitrogens is 2. The van der Waals surface area contributed by atoms with Gasteiger partial charge in [0, 0.05) is 33.0 Å². The van der Waals surface area contributed by atoms with E-state index in [0.717, 1.165) is 101 Å². The quantitative estimate of drug-likeness (QED) is 0.157. The number of nitrogens with zero attached hydrogens (tertiary/aromatic N) is 2. The van der Waals surface area contributed by atoms with Crippen molar-refractivity contribution < 1.29 is 14.2 Å². The first-order valence-electron chi connectivity index (χ1n) is 17.2. The van der Waals surface area contributed by atoms with Crippen LogP contribution in [0.4, 0.5) is 11.6 Å². The van der Waals surface area contributed by atoms with E-state index in [4.69, 9.17) is 19.2 Å². The summed E-state index contributed by atoms with van der Waals surface area (Å²) in [4.78, 5) is 13.3. The summed E-state index contributed by atoms with van der Waals surface area (Å²) in [7, 11) is 5.06. The largest absolute Gasteiger partial charge is 0.497 e. The number of amidine groups is 1. The maximum atomic E-state index is 5.50. The zero-order chi connectivity index (χ0) is 35.2. The minimum atomic E-state index is 0.800. The fourth-order valence-electron chi connectivity index (χ4n) is 7.22. The molecule has 0 aliphatic carbocycles. The van der Waals surface area contributed by atoms with E-state index in [9.17, 15) is 0 Å². The number of H-pyrrole nitrogens is 2. The second-order valence-electron chi connectivity index (χ2n) is 12.6. The molecule has 7 heteroatoms. The summed E-state index contributed by atoms with van der Waals surface area (Å²) in [5.74, 6) is 5.03. The summed E-state index contributed by atoms with van der Waals surface area (Å²) >= 11 is 0. The molecule has 0 fully saturated rings. The average molecular weight is 680 g/mol. The molecule has 8 aromatic rings. The Labute approximate surface area is 301 Å². The van der Waals surface area contributed by atoms with Gasteiger partial charge in [0.25, 0.3) is 0 Å². The van der Waals surface area contributed by atoms with Crippen molar-refractivity contribution >= 4 is 44.7 Å². The van der Waals surface area contributed by atoms with Crippen LogP contribution in [-0.2, 0) is 0 Å². The molecule has 6 aromatic carbocycles. The van der Waals surface area contributed by atoms with Crippen LogP contribution in [0.3, 0.4) is 0 Å². The zero-order valence-corrected chi connectivity index (χ0v) is 29.0. The Morgan fingerprint density at radius 3 is 1.25 bits per heavy atom. The molecular formula is C45H35N4O3+. The lowest BCUT2D eigenvalue weighted by atomic mass is 10.00. The number of hydrogen-bond acceptors (Lipinski definition) is 3. The number of methoxy groups -OCH3 is 3. The Bertz CT molecular complexity index is 2540. The van der Waals surface area contributed by atoms with Gasteiger partial charge in [0.2, 0.25) is 17.5 Å². The van der Waals surface area contributed by atoms with Crippen molar-refractivity contribution in [2.75, 3.05) is 21.3 Å². The third-order valence-electron chi connectivity index (χ3n) is 9.81. The minimum Gasteiger partial charge on any atom is -0.497 e. The number of benzene rings is 6. The maximum absolute atomic E-state index is 5.50. The van der Waals surface area contributed by atoms with Crippen molar-refractivity contribution in [2.24, 2.45) is 4.99 Å². The third kappa shape index (κ3) is 5.14. The third-order valence-corrected chi connectivity index (χ3v) is 9.81. The van der Waals surface area contributed by atoms with E-state index < -0.39 is 0 Å². The van der Waals surface area contributed by atoms with Crippen LogP contribution >= 0.6 is 0 Å². The van der Waals surface area contributed by atoms with E-state index in [1.807, 2.05) is 36.4 Å². The predicted molar refractivity (Wildman–Crippen MR) is 211 cm³/mol.